The number of nitrogens with one attached hydrogen (secondary N) is 1. The average Bonchev–Trinajstić information content (AvgIpc) is 3.89. The molecular formula is C42H43FN12O3. The number of benzene rings is 2. The SMILES string of the molecule is O=C1CCC(n2nnc3cccc(N4CC(CCN5CCN(c6cccc(-c7cnc8ccc(N9CCCC9c9cccc(F)c9)nn78)n6)CC5)C4)c3c2=O)C(=O)N1. The maximum atomic E-state index is 14.1. The molecule has 0 saturated carbocycles. The number of imide groups is 1. The molecule has 296 valence electrons. The number of rotatable bonds is 9. The van der Waals surface area contributed by atoms with Gasteiger partial charge in [-0.25, -0.2) is 18.9 Å². The van der Waals surface area contributed by atoms with Crippen LogP contribution < -0.4 is 25.6 Å². The number of imidazole rings is 1. The molecule has 4 saturated heterocycles. The summed E-state index contributed by atoms with van der Waals surface area (Å²) in [4.78, 5) is 56.9. The Balaban J connectivity index is 0.759. The van der Waals surface area contributed by atoms with E-state index in [1.165, 1.54) is 6.07 Å². The number of fused-ring (bicyclic) bond motifs is 2. The highest BCUT2D eigenvalue weighted by molar-refractivity contribution is 5.99. The van der Waals surface area contributed by atoms with Crippen molar-refractivity contribution in [2.75, 3.05) is 67.1 Å². The van der Waals surface area contributed by atoms with Crippen molar-refractivity contribution < 1.29 is 14.0 Å². The van der Waals surface area contributed by atoms with Crippen LogP contribution in [0.25, 0.3) is 27.9 Å². The van der Waals surface area contributed by atoms with Crippen LogP contribution in [0.3, 0.4) is 0 Å². The number of carbonyl (C=O) groups excluding carboxylic acids is 2. The first-order chi connectivity index (χ1) is 28.4. The van der Waals surface area contributed by atoms with Gasteiger partial charge in [0.05, 0.1) is 29.0 Å². The minimum atomic E-state index is -0.855. The number of aromatic nitrogens is 7. The number of carbonyl (C=O) groups is 2. The van der Waals surface area contributed by atoms with E-state index in [1.807, 2.05) is 53.2 Å². The molecule has 2 aromatic carbocycles. The summed E-state index contributed by atoms with van der Waals surface area (Å²) < 4.78 is 17.1. The van der Waals surface area contributed by atoms with E-state index in [4.69, 9.17) is 10.1 Å². The van der Waals surface area contributed by atoms with Crippen molar-refractivity contribution in [3.05, 3.63) is 101 Å². The van der Waals surface area contributed by atoms with Gasteiger partial charge >= 0.3 is 0 Å². The maximum Gasteiger partial charge on any atom is 0.280 e. The summed E-state index contributed by atoms with van der Waals surface area (Å²) in [6.07, 6.45) is 5.22. The highest BCUT2D eigenvalue weighted by Crippen LogP contribution is 2.36. The van der Waals surface area contributed by atoms with Crippen LogP contribution in [0.1, 0.15) is 49.8 Å². The zero-order valence-electron chi connectivity index (χ0n) is 32.0. The summed E-state index contributed by atoms with van der Waals surface area (Å²) in [6.45, 7) is 7.13. The lowest BCUT2D eigenvalue weighted by atomic mass is 9.94. The average molecular weight is 783 g/mol. The smallest absolute Gasteiger partial charge is 0.280 e. The number of halogens is 1. The van der Waals surface area contributed by atoms with Crippen molar-refractivity contribution >= 4 is 45.7 Å². The molecule has 4 aromatic heterocycles. The van der Waals surface area contributed by atoms with Gasteiger partial charge in [0.15, 0.2) is 5.65 Å². The van der Waals surface area contributed by atoms with Gasteiger partial charge in [0.1, 0.15) is 34.7 Å². The molecule has 8 heterocycles. The van der Waals surface area contributed by atoms with Gasteiger partial charge in [-0.1, -0.05) is 29.5 Å². The van der Waals surface area contributed by atoms with E-state index in [1.54, 1.807) is 18.2 Å². The number of hydrogen-bond donors (Lipinski definition) is 1. The van der Waals surface area contributed by atoms with Crippen LogP contribution in [-0.2, 0) is 9.59 Å². The number of hydrogen-bond acceptors (Lipinski definition) is 12. The third kappa shape index (κ3) is 6.70. The Kier molecular flexibility index (Phi) is 9.27. The summed E-state index contributed by atoms with van der Waals surface area (Å²) in [5, 5.41) is 16.1. The van der Waals surface area contributed by atoms with E-state index in [0.717, 1.165) is 116 Å². The van der Waals surface area contributed by atoms with Crippen molar-refractivity contribution in [1.29, 1.82) is 0 Å². The molecule has 0 spiro atoms. The van der Waals surface area contributed by atoms with E-state index in [2.05, 4.69) is 46.3 Å². The number of piperidine rings is 1. The zero-order chi connectivity index (χ0) is 39.3. The van der Waals surface area contributed by atoms with E-state index in [-0.39, 0.29) is 36.2 Å². The van der Waals surface area contributed by atoms with Crippen LogP contribution in [0, 0.1) is 11.7 Å². The molecule has 0 radical (unpaired) electrons. The Morgan fingerprint density at radius 1 is 0.828 bits per heavy atom. The van der Waals surface area contributed by atoms with Gasteiger partial charge in [0, 0.05) is 52.2 Å². The standard InChI is InChI=1S/C42H43FN12O3/c43-29-6-1-5-28(23-29)32-10-4-17-53(32)38-14-13-36-44-24-35(54(36)48-38)30-7-3-11-37(45-30)51-21-19-50(20-22-51)18-16-27-25-52(26-27)33-9-2-8-31-40(33)42(58)55(49-47-31)34-12-15-39(56)46-41(34)57/h1-3,5-9,11,13-14,23-24,27,32,34H,4,10,12,15-22,25-26H2,(H,46,56,57). The molecule has 58 heavy (non-hydrogen) atoms. The van der Waals surface area contributed by atoms with Crippen LogP contribution in [0.2, 0.25) is 0 Å². The first-order valence-corrected chi connectivity index (χ1v) is 20.1. The van der Waals surface area contributed by atoms with E-state index in [0.29, 0.717) is 16.8 Å². The maximum absolute atomic E-state index is 14.1. The molecule has 6 aromatic rings. The van der Waals surface area contributed by atoms with Crippen molar-refractivity contribution in [1.82, 2.24) is 44.8 Å². The van der Waals surface area contributed by atoms with Crippen molar-refractivity contribution in [3.8, 4) is 11.4 Å². The molecular weight excluding hydrogens is 740 g/mol. The molecule has 4 aliphatic rings. The number of pyridine rings is 1. The molecule has 2 amide bonds. The molecule has 16 heteroatoms. The fourth-order valence-electron chi connectivity index (χ4n) is 9.01. The molecule has 2 atom stereocenters. The minimum Gasteiger partial charge on any atom is -0.370 e. The first kappa shape index (κ1) is 36.1. The molecule has 4 aliphatic heterocycles. The predicted octanol–water partition coefficient (Wildman–Crippen LogP) is 4.00. The summed E-state index contributed by atoms with van der Waals surface area (Å²) in [5.74, 6) is 1.17. The third-order valence-corrected chi connectivity index (χ3v) is 12.2. The second kappa shape index (κ2) is 14.9. The fourth-order valence-corrected chi connectivity index (χ4v) is 9.01. The van der Waals surface area contributed by atoms with E-state index >= 15 is 0 Å². The minimum absolute atomic E-state index is 0.0677. The van der Waals surface area contributed by atoms with Gasteiger partial charge in [-0.05, 0) is 92.2 Å². The summed E-state index contributed by atoms with van der Waals surface area (Å²) in [7, 11) is 0. The molecule has 2 unspecified atom stereocenters. The van der Waals surface area contributed by atoms with Gasteiger partial charge in [0.2, 0.25) is 5.91 Å². The third-order valence-electron chi connectivity index (χ3n) is 12.2. The van der Waals surface area contributed by atoms with Crippen molar-refractivity contribution in [2.24, 2.45) is 5.92 Å². The van der Waals surface area contributed by atoms with Crippen LogP contribution in [0.5, 0.6) is 0 Å². The molecule has 4 fully saturated rings. The van der Waals surface area contributed by atoms with Crippen LogP contribution in [0.15, 0.2) is 83.8 Å². The van der Waals surface area contributed by atoms with Crippen molar-refractivity contribution in [2.45, 2.75) is 44.2 Å². The van der Waals surface area contributed by atoms with E-state index in [9.17, 15) is 18.8 Å². The second-order valence-corrected chi connectivity index (χ2v) is 15.8. The fraction of sp³-hybridized carbons (Fsp3) is 0.381. The Hall–Kier alpha value is -6.29. The summed E-state index contributed by atoms with van der Waals surface area (Å²) >= 11 is 0. The number of piperazine rings is 1. The van der Waals surface area contributed by atoms with Crippen LogP contribution in [-0.4, -0.2) is 104 Å². The highest BCUT2D eigenvalue weighted by Gasteiger charge is 2.33. The van der Waals surface area contributed by atoms with Crippen LogP contribution in [0.4, 0.5) is 21.7 Å². The van der Waals surface area contributed by atoms with Gasteiger partial charge < -0.3 is 14.7 Å². The van der Waals surface area contributed by atoms with Gasteiger partial charge in [-0.15, -0.1) is 10.2 Å². The molecule has 15 nitrogen and oxygen atoms in total. The summed E-state index contributed by atoms with van der Waals surface area (Å²) in [6, 6.07) is 21.8. The topological polar surface area (TPSA) is 150 Å². The van der Waals surface area contributed by atoms with Gasteiger partial charge in [0.25, 0.3) is 11.5 Å². The summed E-state index contributed by atoms with van der Waals surface area (Å²) in [5.41, 5.74) is 4.27. The molecule has 0 bridgehead atoms. The van der Waals surface area contributed by atoms with Crippen LogP contribution >= 0.6 is 0 Å². The molecule has 10 rings (SSSR count). The highest BCUT2D eigenvalue weighted by atomic mass is 19.1. The Morgan fingerprint density at radius 3 is 2.52 bits per heavy atom. The lowest BCUT2D eigenvalue weighted by Crippen LogP contribution is -2.51. The Labute approximate surface area is 333 Å². The number of anilines is 3. The molecule has 0 aliphatic carbocycles. The van der Waals surface area contributed by atoms with Gasteiger partial charge in [-0.2, -0.15) is 4.68 Å². The Bertz CT molecular complexity index is 2600. The largest absolute Gasteiger partial charge is 0.370 e. The number of amides is 2. The zero-order valence-corrected chi connectivity index (χ0v) is 32.0. The number of nitrogens with zero attached hydrogens (tertiary/aromatic N) is 11. The van der Waals surface area contributed by atoms with Gasteiger partial charge in [-0.3, -0.25) is 24.6 Å². The second-order valence-electron chi connectivity index (χ2n) is 15.8. The van der Waals surface area contributed by atoms with E-state index < -0.39 is 11.9 Å². The quantitative estimate of drug-likeness (QED) is 0.211. The Morgan fingerprint density at radius 2 is 1.67 bits per heavy atom. The first-order valence-electron chi connectivity index (χ1n) is 20.1. The lowest BCUT2D eigenvalue weighted by molar-refractivity contribution is -0.136. The normalized spacial score (nSPS) is 20.6. The monoisotopic (exact) mass is 782 g/mol. The predicted molar refractivity (Wildman–Crippen MR) is 216 cm³/mol. The van der Waals surface area contributed by atoms with Crippen molar-refractivity contribution in [3.63, 3.8) is 0 Å². The lowest BCUT2D eigenvalue weighted by Gasteiger charge is -2.43. The molecule has 1 N–H and O–H groups in total.